The molecular weight excluding hydrogens is 250 g/mol. The molecule has 0 heterocycles. The molecule has 1 N–H and O–H groups in total. The van der Waals surface area contributed by atoms with Crippen molar-refractivity contribution in [1.82, 2.24) is 5.32 Å². The molecule has 0 saturated heterocycles. The van der Waals surface area contributed by atoms with Crippen molar-refractivity contribution < 1.29 is 0 Å². The number of benzene rings is 1. The van der Waals surface area contributed by atoms with Crippen LogP contribution < -0.4 is 5.32 Å². The quantitative estimate of drug-likeness (QED) is 0.825. The van der Waals surface area contributed by atoms with E-state index >= 15 is 0 Å². The van der Waals surface area contributed by atoms with Gasteiger partial charge in [-0.25, -0.2) is 0 Å². The molecule has 2 heteroatoms. The molecule has 2 aliphatic rings. The normalized spacial score (nSPS) is 28.5. The number of thioether (sulfide) groups is 1. The summed E-state index contributed by atoms with van der Waals surface area (Å²) in [6.07, 6.45) is 6.99. The molecule has 3 rings (SSSR count). The van der Waals surface area contributed by atoms with E-state index in [2.05, 4.69) is 54.3 Å². The van der Waals surface area contributed by atoms with Crippen LogP contribution in [0.3, 0.4) is 0 Å². The van der Waals surface area contributed by atoms with Crippen molar-refractivity contribution in [3.05, 3.63) is 35.9 Å². The van der Waals surface area contributed by atoms with E-state index in [4.69, 9.17) is 0 Å². The lowest BCUT2D eigenvalue weighted by atomic mass is 10.0. The molecule has 2 fully saturated rings. The molecule has 2 aliphatic carbocycles. The van der Waals surface area contributed by atoms with Crippen LogP contribution in [0.5, 0.6) is 0 Å². The number of hydrogen-bond donors (Lipinski definition) is 1. The second-order valence-corrected chi connectivity index (χ2v) is 7.44. The minimum absolute atomic E-state index is 0.601. The highest BCUT2D eigenvalue weighted by atomic mass is 32.2. The van der Waals surface area contributed by atoms with Gasteiger partial charge in [0.1, 0.15) is 0 Å². The molecule has 104 valence electrons. The van der Waals surface area contributed by atoms with E-state index in [0.717, 1.165) is 17.2 Å². The molecule has 3 atom stereocenters. The fraction of sp³-hybridized carbons (Fsp3) is 0.647. The summed E-state index contributed by atoms with van der Waals surface area (Å²) in [5.41, 5.74) is 1.50. The average molecular weight is 275 g/mol. The molecule has 1 aromatic rings. The lowest BCUT2D eigenvalue weighted by Gasteiger charge is -2.27. The van der Waals surface area contributed by atoms with Gasteiger partial charge in [0.05, 0.1) is 0 Å². The zero-order valence-corrected chi connectivity index (χ0v) is 12.7. The minimum Gasteiger partial charge on any atom is -0.306 e. The van der Waals surface area contributed by atoms with Gasteiger partial charge >= 0.3 is 0 Å². The molecule has 0 amide bonds. The van der Waals surface area contributed by atoms with E-state index in [-0.39, 0.29) is 0 Å². The fourth-order valence-corrected chi connectivity index (χ4v) is 4.56. The first kappa shape index (κ1) is 13.5. The van der Waals surface area contributed by atoms with Crippen molar-refractivity contribution in [3.8, 4) is 0 Å². The summed E-state index contributed by atoms with van der Waals surface area (Å²) < 4.78 is 0. The van der Waals surface area contributed by atoms with Gasteiger partial charge in [0.15, 0.2) is 0 Å². The molecule has 2 saturated carbocycles. The summed E-state index contributed by atoms with van der Waals surface area (Å²) in [6.45, 7) is 2.29. The van der Waals surface area contributed by atoms with Crippen LogP contribution >= 0.6 is 11.8 Å². The zero-order chi connectivity index (χ0) is 13.1. The second kappa shape index (κ2) is 6.32. The van der Waals surface area contributed by atoms with Gasteiger partial charge in [0, 0.05) is 17.3 Å². The monoisotopic (exact) mass is 275 g/mol. The predicted molar refractivity (Wildman–Crippen MR) is 84.6 cm³/mol. The third-order valence-electron chi connectivity index (χ3n) is 4.48. The van der Waals surface area contributed by atoms with Crippen LogP contribution in [0, 0.1) is 5.92 Å². The highest BCUT2D eigenvalue weighted by Gasteiger charge is 2.36. The summed E-state index contributed by atoms with van der Waals surface area (Å²) in [5.74, 6) is 2.14. The summed E-state index contributed by atoms with van der Waals surface area (Å²) in [5, 5.41) is 4.85. The maximum atomic E-state index is 4.01. The Labute approximate surface area is 121 Å². The van der Waals surface area contributed by atoms with Crippen molar-refractivity contribution >= 4 is 11.8 Å². The Morgan fingerprint density at radius 3 is 2.63 bits per heavy atom. The Balaban J connectivity index is 1.68. The topological polar surface area (TPSA) is 12.0 Å². The van der Waals surface area contributed by atoms with Crippen LogP contribution in [0.25, 0.3) is 0 Å². The number of rotatable bonds is 6. The molecule has 0 spiro atoms. The molecule has 0 radical (unpaired) electrons. The van der Waals surface area contributed by atoms with Gasteiger partial charge in [0.25, 0.3) is 0 Å². The first-order valence-corrected chi connectivity index (χ1v) is 8.86. The molecule has 1 nitrogen and oxygen atoms in total. The molecular formula is C17H25NS. The smallest absolute Gasteiger partial charge is 0.0351 e. The van der Waals surface area contributed by atoms with Crippen LogP contribution in [0.4, 0.5) is 0 Å². The van der Waals surface area contributed by atoms with Crippen LogP contribution in [-0.4, -0.2) is 17.0 Å². The van der Waals surface area contributed by atoms with Gasteiger partial charge in [0.2, 0.25) is 0 Å². The maximum Gasteiger partial charge on any atom is 0.0351 e. The Bertz CT molecular complexity index is 388. The van der Waals surface area contributed by atoms with Crippen molar-refractivity contribution in [2.45, 2.75) is 56.4 Å². The summed E-state index contributed by atoms with van der Waals surface area (Å²) >= 11 is 2.15. The van der Waals surface area contributed by atoms with Gasteiger partial charge in [-0.2, -0.15) is 11.8 Å². The van der Waals surface area contributed by atoms with Crippen molar-refractivity contribution in [2.75, 3.05) is 5.75 Å². The second-order valence-electron chi connectivity index (χ2n) is 5.92. The van der Waals surface area contributed by atoms with Crippen LogP contribution in [-0.2, 0) is 0 Å². The predicted octanol–water partition coefficient (Wildman–Crippen LogP) is 4.40. The standard InChI is InChI=1S/C17H25NS/c1-2-19-16-10-6-9-15(16)18-17(14-11-12-14)13-7-4-3-5-8-13/h3-5,7-8,14-18H,2,6,9-12H2,1H3. The number of nitrogens with one attached hydrogen (secondary N) is 1. The first-order valence-electron chi connectivity index (χ1n) is 7.81. The Kier molecular flexibility index (Phi) is 4.49. The van der Waals surface area contributed by atoms with E-state index in [0.29, 0.717) is 6.04 Å². The van der Waals surface area contributed by atoms with E-state index in [1.165, 1.54) is 43.4 Å². The third kappa shape index (κ3) is 3.35. The van der Waals surface area contributed by atoms with Crippen LogP contribution in [0.2, 0.25) is 0 Å². The molecule has 3 unspecified atom stereocenters. The summed E-state index contributed by atoms with van der Waals surface area (Å²) in [6, 6.07) is 12.4. The van der Waals surface area contributed by atoms with Crippen molar-refractivity contribution in [1.29, 1.82) is 0 Å². The summed E-state index contributed by atoms with van der Waals surface area (Å²) in [4.78, 5) is 0. The lowest BCUT2D eigenvalue weighted by Crippen LogP contribution is -2.38. The van der Waals surface area contributed by atoms with Gasteiger partial charge in [-0.3, -0.25) is 0 Å². The fourth-order valence-electron chi connectivity index (χ4n) is 3.36. The largest absolute Gasteiger partial charge is 0.306 e. The highest BCUT2D eigenvalue weighted by Crippen LogP contribution is 2.42. The lowest BCUT2D eigenvalue weighted by molar-refractivity contribution is 0.410. The Morgan fingerprint density at radius 2 is 1.95 bits per heavy atom. The molecule has 0 bridgehead atoms. The van der Waals surface area contributed by atoms with E-state index in [9.17, 15) is 0 Å². The number of hydrogen-bond acceptors (Lipinski definition) is 2. The van der Waals surface area contributed by atoms with Crippen LogP contribution in [0.1, 0.15) is 50.6 Å². The van der Waals surface area contributed by atoms with Crippen molar-refractivity contribution in [3.63, 3.8) is 0 Å². The van der Waals surface area contributed by atoms with E-state index < -0.39 is 0 Å². The van der Waals surface area contributed by atoms with Crippen molar-refractivity contribution in [2.24, 2.45) is 5.92 Å². The molecule has 1 aromatic carbocycles. The Morgan fingerprint density at radius 1 is 1.16 bits per heavy atom. The maximum absolute atomic E-state index is 4.01. The Hall–Kier alpha value is -0.470. The third-order valence-corrected chi connectivity index (χ3v) is 5.80. The minimum atomic E-state index is 0.601. The van der Waals surface area contributed by atoms with Gasteiger partial charge in [-0.1, -0.05) is 43.7 Å². The van der Waals surface area contributed by atoms with E-state index in [1.54, 1.807) is 0 Å². The summed E-state index contributed by atoms with van der Waals surface area (Å²) in [7, 11) is 0. The van der Waals surface area contributed by atoms with Crippen LogP contribution in [0.15, 0.2) is 30.3 Å². The van der Waals surface area contributed by atoms with Gasteiger partial charge < -0.3 is 5.32 Å². The zero-order valence-electron chi connectivity index (χ0n) is 11.8. The molecule has 0 aliphatic heterocycles. The molecule has 19 heavy (non-hydrogen) atoms. The van der Waals surface area contributed by atoms with Gasteiger partial charge in [-0.15, -0.1) is 0 Å². The average Bonchev–Trinajstić information content (AvgIpc) is 3.19. The SMILES string of the molecule is CCSC1CCCC1NC(c1ccccc1)C1CC1. The molecule has 0 aromatic heterocycles. The van der Waals surface area contributed by atoms with Gasteiger partial charge in [-0.05, 0) is 42.9 Å². The highest BCUT2D eigenvalue weighted by molar-refractivity contribution is 7.99. The first-order chi connectivity index (χ1) is 9.38. The van der Waals surface area contributed by atoms with E-state index in [1.807, 2.05) is 0 Å².